The van der Waals surface area contributed by atoms with Crippen molar-refractivity contribution in [2.75, 3.05) is 36.5 Å². The van der Waals surface area contributed by atoms with Crippen LogP contribution in [0.2, 0.25) is 0 Å². The van der Waals surface area contributed by atoms with E-state index in [1.165, 1.54) is 5.69 Å². The highest BCUT2D eigenvalue weighted by atomic mass is 16.5. The van der Waals surface area contributed by atoms with E-state index < -0.39 is 0 Å². The van der Waals surface area contributed by atoms with Gasteiger partial charge in [-0.15, -0.1) is 0 Å². The summed E-state index contributed by atoms with van der Waals surface area (Å²) in [5.41, 5.74) is 4.12. The minimum atomic E-state index is 0.255. The number of hydrogen-bond donors (Lipinski definition) is 2. The molecule has 0 unspecified atom stereocenters. The summed E-state index contributed by atoms with van der Waals surface area (Å²) in [6.45, 7) is 3.45. The fraction of sp³-hybridized carbons (Fsp3) is 0.190. The van der Waals surface area contributed by atoms with Crippen LogP contribution in [0.5, 0.6) is 5.75 Å². The zero-order valence-electron chi connectivity index (χ0n) is 14.4. The average molecular weight is 347 g/mol. The van der Waals surface area contributed by atoms with Crippen molar-refractivity contribution in [1.29, 1.82) is 0 Å². The molecule has 0 amide bonds. The lowest BCUT2D eigenvalue weighted by Gasteiger charge is -2.28. The Kier molecular flexibility index (Phi) is 4.71. The van der Waals surface area contributed by atoms with Crippen LogP contribution in [0.1, 0.15) is 0 Å². The number of phenolic OH excluding ortho intramolecular Hbond substituents is 1. The summed E-state index contributed by atoms with van der Waals surface area (Å²) in [6.07, 6.45) is 1.80. The van der Waals surface area contributed by atoms with Crippen LogP contribution < -0.4 is 10.2 Å². The van der Waals surface area contributed by atoms with Crippen molar-refractivity contribution in [2.45, 2.75) is 0 Å². The molecule has 2 aromatic carbocycles. The number of benzene rings is 2. The van der Waals surface area contributed by atoms with Gasteiger partial charge in [-0.2, -0.15) is 0 Å². The van der Waals surface area contributed by atoms with Crippen LogP contribution in [0.25, 0.3) is 11.1 Å². The predicted molar refractivity (Wildman–Crippen MR) is 104 cm³/mol. The largest absolute Gasteiger partial charge is 0.508 e. The highest BCUT2D eigenvalue weighted by molar-refractivity contribution is 5.67. The summed E-state index contributed by atoms with van der Waals surface area (Å²) in [5.74, 6) is 1.04. The Morgan fingerprint density at radius 3 is 2.42 bits per heavy atom. The maximum absolute atomic E-state index is 9.60. The molecule has 2 N–H and O–H groups in total. The summed E-state index contributed by atoms with van der Waals surface area (Å²) >= 11 is 0. The molecule has 1 aliphatic rings. The van der Waals surface area contributed by atoms with E-state index in [-0.39, 0.29) is 5.75 Å². The molecule has 0 spiro atoms. The fourth-order valence-electron chi connectivity index (χ4n) is 3.05. The molecule has 4 rings (SSSR count). The number of aromatic hydroxyl groups is 1. The number of nitrogens with zero attached hydrogens (tertiary/aromatic N) is 2. The van der Waals surface area contributed by atoms with Crippen molar-refractivity contribution in [1.82, 2.24) is 4.98 Å². The molecule has 5 nitrogen and oxygen atoms in total. The normalized spacial score (nSPS) is 14.2. The van der Waals surface area contributed by atoms with Crippen molar-refractivity contribution >= 4 is 17.2 Å². The first kappa shape index (κ1) is 16.4. The topological polar surface area (TPSA) is 57.6 Å². The summed E-state index contributed by atoms with van der Waals surface area (Å²) in [5, 5.41) is 12.9. The molecule has 0 aliphatic carbocycles. The van der Waals surface area contributed by atoms with Crippen molar-refractivity contribution < 1.29 is 9.84 Å². The number of rotatable bonds is 4. The number of morpholine rings is 1. The molecule has 1 aliphatic heterocycles. The Morgan fingerprint density at radius 1 is 0.923 bits per heavy atom. The number of nitrogens with one attached hydrogen (secondary N) is 1. The van der Waals surface area contributed by atoms with E-state index in [2.05, 4.69) is 39.5 Å². The zero-order chi connectivity index (χ0) is 17.8. The molecule has 0 bridgehead atoms. The minimum Gasteiger partial charge on any atom is -0.508 e. The SMILES string of the molecule is Oc1cccc(-c2ccc(Nc3ccc(N4CCOCC4)cc3)nc2)c1. The Morgan fingerprint density at radius 2 is 1.73 bits per heavy atom. The second-order valence-electron chi connectivity index (χ2n) is 6.25. The fourth-order valence-corrected chi connectivity index (χ4v) is 3.05. The molecular weight excluding hydrogens is 326 g/mol. The molecule has 3 aromatic rings. The summed E-state index contributed by atoms with van der Waals surface area (Å²) in [6, 6.07) is 19.5. The molecule has 1 aromatic heterocycles. The Balaban J connectivity index is 1.44. The van der Waals surface area contributed by atoms with Crippen LogP contribution in [0.4, 0.5) is 17.2 Å². The number of ether oxygens (including phenoxy) is 1. The quantitative estimate of drug-likeness (QED) is 0.746. The molecule has 1 fully saturated rings. The maximum atomic E-state index is 9.60. The molecule has 2 heterocycles. The molecule has 1 saturated heterocycles. The highest BCUT2D eigenvalue weighted by Crippen LogP contribution is 2.25. The van der Waals surface area contributed by atoms with Crippen LogP contribution in [0, 0.1) is 0 Å². The van der Waals surface area contributed by atoms with Crippen molar-refractivity contribution in [2.24, 2.45) is 0 Å². The molecule has 132 valence electrons. The van der Waals surface area contributed by atoms with Gasteiger partial charge in [0.1, 0.15) is 11.6 Å². The van der Waals surface area contributed by atoms with Crippen LogP contribution >= 0.6 is 0 Å². The summed E-state index contributed by atoms with van der Waals surface area (Å²) in [7, 11) is 0. The van der Waals surface area contributed by atoms with Gasteiger partial charge in [0.2, 0.25) is 0 Å². The van der Waals surface area contributed by atoms with Crippen molar-refractivity contribution in [3.8, 4) is 16.9 Å². The second-order valence-corrected chi connectivity index (χ2v) is 6.25. The lowest BCUT2D eigenvalue weighted by Crippen LogP contribution is -2.36. The Bertz CT molecular complexity index is 857. The third-order valence-electron chi connectivity index (χ3n) is 4.46. The van der Waals surface area contributed by atoms with Gasteiger partial charge in [0.05, 0.1) is 13.2 Å². The molecule has 26 heavy (non-hydrogen) atoms. The van der Waals surface area contributed by atoms with Gasteiger partial charge in [-0.3, -0.25) is 0 Å². The van der Waals surface area contributed by atoms with E-state index >= 15 is 0 Å². The van der Waals surface area contributed by atoms with Crippen LogP contribution in [0.3, 0.4) is 0 Å². The zero-order valence-corrected chi connectivity index (χ0v) is 14.4. The number of aromatic nitrogens is 1. The summed E-state index contributed by atoms with van der Waals surface area (Å²) in [4.78, 5) is 6.80. The van der Waals surface area contributed by atoms with Gasteiger partial charge in [0, 0.05) is 36.2 Å². The van der Waals surface area contributed by atoms with E-state index in [1.54, 1.807) is 18.3 Å². The number of pyridine rings is 1. The van der Waals surface area contributed by atoms with Gasteiger partial charge < -0.3 is 20.1 Å². The second kappa shape index (κ2) is 7.45. The van der Waals surface area contributed by atoms with Crippen molar-refractivity contribution in [3.05, 3.63) is 66.9 Å². The third kappa shape index (κ3) is 3.78. The van der Waals surface area contributed by atoms with Crippen molar-refractivity contribution in [3.63, 3.8) is 0 Å². The predicted octanol–water partition coefficient (Wildman–Crippen LogP) is 4.03. The first-order chi connectivity index (χ1) is 12.8. The average Bonchev–Trinajstić information content (AvgIpc) is 2.70. The monoisotopic (exact) mass is 347 g/mol. The minimum absolute atomic E-state index is 0.255. The lowest BCUT2D eigenvalue weighted by molar-refractivity contribution is 0.122. The van der Waals surface area contributed by atoms with E-state index in [1.807, 2.05) is 24.3 Å². The first-order valence-corrected chi connectivity index (χ1v) is 8.73. The van der Waals surface area contributed by atoms with Crippen LogP contribution in [-0.2, 0) is 4.74 Å². The van der Waals surface area contributed by atoms with Gasteiger partial charge in [-0.1, -0.05) is 12.1 Å². The Hall–Kier alpha value is -3.05. The Labute approximate surface area is 152 Å². The van der Waals surface area contributed by atoms with Gasteiger partial charge in [0.25, 0.3) is 0 Å². The van der Waals surface area contributed by atoms with E-state index in [4.69, 9.17) is 4.74 Å². The molecular formula is C21H21N3O2. The number of hydrogen-bond acceptors (Lipinski definition) is 5. The van der Waals surface area contributed by atoms with Gasteiger partial charge in [-0.05, 0) is 54.1 Å². The third-order valence-corrected chi connectivity index (χ3v) is 4.46. The highest BCUT2D eigenvalue weighted by Gasteiger charge is 2.10. The molecule has 0 saturated carbocycles. The number of anilines is 3. The smallest absolute Gasteiger partial charge is 0.130 e. The van der Waals surface area contributed by atoms with Crippen LogP contribution in [0.15, 0.2) is 66.9 Å². The number of phenols is 1. The first-order valence-electron chi connectivity index (χ1n) is 8.73. The summed E-state index contributed by atoms with van der Waals surface area (Å²) < 4.78 is 5.40. The molecule has 5 heteroatoms. The van der Waals surface area contributed by atoms with Gasteiger partial charge >= 0.3 is 0 Å². The van der Waals surface area contributed by atoms with E-state index in [0.29, 0.717) is 0 Å². The molecule has 0 radical (unpaired) electrons. The standard InChI is InChI=1S/C21H21N3O2/c25-20-3-1-2-16(14-20)17-4-9-21(22-15-17)23-18-5-7-19(8-6-18)24-10-12-26-13-11-24/h1-9,14-15,25H,10-13H2,(H,22,23). The molecule has 0 atom stereocenters. The van der Waals surface area contributed by atoms with Crippen LogP contribution in [-0.4, -0.2) is 36.4 Å². The van der Waals surface area contributed by atoms with Gasteiger partial charge in [0.15, 0.2) is 0 Å². The van der Waals surface area contributed by atoms with E-state index in [9.17, 15) is 5.11 Å². The van der Waals surface area contributed by atoms with E-state index in [0.717, 1.165) is 48.9 Å². The maximum Gasteiger partial charge on any atom is 0.130 e. The van der Waals surface area contributed by atoms with Gasteiger partial charge in [-0.25, -0.2) is 4.98 Å². The lowest BCUT2D eigenvalue weighted by atomic mass is 10.1.